The summed E-state index contributed by atoms with van der Waals surface area (Å²) in [6.45, 7) is 2.57. The van der Waals surface area contributed by atoms with E-state index >= 15 is 0 Å². The fourth-order valence-corrected chi connectivity index (χ4v) is 2.49. The molecule has 6 heteroatoms. The molecule has 1 aliphatic rings. The number of halogens is 1. The summed E-state index contributed by atoms with van der Waals surface area (Å²) >= 11 is 3.30. The average Bonchev–Trinajstić information content (AvgIpc) is 3.14. The van der Waals surface area contributed by atoms with Crippen LogP contribution in [-0.2, 0) is 4.74 Å². The smallest absolute Gasteiger partial charge is 0.261 e. The quantitative estimate of drug-likeness (QED) is 0.900. The number of nitrogens with zero attached hydrogens (tertiary/aromatic N) is 2. The van der Waals surface area contributed by atoms with Crippen molar-refractivity contribution < 1.29 is 14.4 Å². The van der Waals surface area contributed by atoms with Crippen molar-refractivity contribution >= 4 is 15.9 Å². The molecule has 0 spiro atoms. The minimum atomic E-state index is -0.102. The zero-order valence-electron chi connectivity index (χ0n) is 11.0. The van der Waals surface area contributed by atoms with E-state index in [0.717, 1.165) is 17.3 Å². The molecule has 20 heavy (non-hydrogen) atoms. The van der Waals surface area contributed by atoms with Crippen LogP contribution in [0.2, 0.25) is 0 Å². The lowest BCUT2D eigenvalue weighted by atomic mass is 10.2. The number of aromatic nitrogens is 2. The van der Waals surface area contributed by atoms with Crippen LogP contribution in [0.4, 0.5) is 0 Å². The van der Waals surface area contributed by atoms with Gasteiger partial charge in [-0.15, -0.1) is 0 Å². The Kier molecular flexibility index (Phi) is 3.76. The van der Waals surface area contributed by atoms with Crippen LogP contribution in [0, 0.1) is 5.92 Å². The van der Waals surface area contributed by atoms with Gasteiger partial charge in [-0.2, -0.15) is 4.98 Å². The molecule has 1 fully saturated rings. The van der Waals surface area contributed by atoms with Crippen LogP contribution >= 0.6 is 15.9 Å². The first-order valence-electron chi connectivity index (χ1n) is 6.63. The normalized spacial score (nSPS) is 16.3. The summed E-state index contributed by atoms with van der Waals surface area (Å²) in [5.41, 5.74) is 0.526. The third-order valence-electron chi connectivity index (χ3n) is 3.28. The first kappa shape index (κ1) is 13.6. The predicted octanol–water partition coefficient (Wildman–Crippen LogP) is 3.69. The maximum Gasteiger partial charge on any atom is 0.261 e. The molecule has 1 N–H and O–H groups in total. The first-order chi connectivity index (χ1) is 9.69. The van der Waals surface area contributed by atoms with Crippen LogP contribution in [0.1, 0.15) is 31.7 Å². The number of phenols is 1. The van der Waals surface area contributed by atoms with Gasteiger partial charge < -0.3 is 14.4 Å². The summed E-state index contributed by atoms with van der Waals surface area (Å²) < 4.78 is 11.8. The lowest BCUT2D eigenvalue weighted by Gasteiger charge is -2.11. The fraction of sp³-hybridized carbons (Fsp3) is 0.429. The van der Waals surface area contributed by atoms with Gasteiger partial charge in [0.05, 0.1) is 5.56 Å². The first-order valence-corrected chi connectivity index (χ1v) is 7.42. The number of benzene rings is 1. The van der Waals surface area contributed by atoms with Gasteiger partial charge in [0.25, 0.3) is 5.89 Å². The van der Waals surface area contributed by atoms with Crippen LogP contribution in [0.25, 0.3) is 11.5 Å². The summed E-state index contributed by atoms with van der Waals surface area (Å²) in [6.07, 6.45) is 2.17. The van der Waals surface area contributed by atoms with Gasteiger partial charge in [-0.1, -0.05) is 21.1 Å². The van der Waals surface area contributed by atoms with Gasteiger partial charge >= 0.3 is 0 Å². The fourth-order valence-electron chi connectivity index (χ4n) is 2.15. The molecule has 0 amide bonds. The number of rotatable bonds is 5. The molecule has 0 aliphatic heterocycles. The molecular weight excluding hydrogens is 324 g/mol. The Bertz CT molecular complexity index is 610. The minimum Gasteiger partial charge on any atom is -0.507 e. The summed E-state index contributed by atoms with van der Waals surface area (Å²) in [6, 6.07) is 5.16. The molecule has 0 saturated heterocycles. The molecule has 5 nitrogen and oxygen atoms in total. The van der Waals surface area contributed by atoms with Crippen molar-refractivity contribution in [2.24, 2.45) is 5.92 Å². The number of phenolic OH excluding ortho intramolecular Hbond substituents is 1. The second kappa shape index (κ2) is 5.54. The monoisotopic (exact) mass is 338 g/mol. The molecule has 1 heterocycles. The minimum absolute atomic E-state index is 0.102. The molecule has 106 valence electrons. The van der Waals surface area contributed by atoms with Gasteiger partial charge in [0, 0.05) is 11.1 Å². The molecule has 1 aromatic heterocycles. The largest absolute Gasteiger partial charge is 0.507 e. The number of ether oxygens (including phenoxy) is 1. The van der Waals surface area contributed by atoms with Crippen molar-refractivity contribution in [2.45, 2.75) is 25.9 Å². The number of hydrogen-bond donors (Lipinski definition) is 1. The summed E-state index contributed by atoms with van der Waals surface area (Å²) in [5.74, 6) is 1.47. The van der Waals surface area contributed by atoms with Crippen LogP contribution in [0.3, 0.4) is 0 Å². The van der Waals surface area contributed by atoms with Crippen molar-refractivity contribution in [1.82, 2.24) is 10.1 Å². The van der Waals surface area contributed by atoms with Crippen molar-refractivity contribution in [3.8, 4) is 17.2 Å². The number of aromatic hydroxyl groups is 1. The van der Waals surface area contributed by atoms with Crippen LogP contribution in [-0.4, -0.2) is 21.9 Å². The predicted molar refractivity (Wildman–Crippen MR) is 76.2 cm³/mol. The van der Waals surface area contributed by atoms with Crippen molar-refractivity contribution in [3.63, 3.8) is 0 Å². The molecule has 1 saturated carbocycles. The van der Waals surface area contributed by atoms with E-state index in [0.29, 0.717) is 29.8 Å². The standard InChI is InChI=1S/C14H15BrN2O3/c1-2-19-12(8-3-4-8)13-16-14(20-17-13)10-6-5-9(15)7-11(10)18/h5-8,12,18H,2-4H2,1H3. The molecule has 3 rings (SSSR count). The van der Waals surface area contributed by atoms with Gasteiger partial charge in [-0.3, -0.25) is 0 Å². The third kappa shape index (κ3) is 2.71. The molecule has 1 atom stereocenters. The molecule has 1 unspecified atom stereocenters. The van der Waals surface area contributed by atoms with Crippen LogP contribution < -0.4 is 0 Å². The second-order valence-corrected chi connectivity index (χ2v) is 5.75. The molecular formula is C14H15BrN2O3. The Labute approximate surface area is 125 Å². The van der Waals surface area contributed by atoms with Crippen molar-refractivity contribution in [2.75, 3.05) is 6.61 Å². The Balaban J connectivity index is 1.89. The topological polar surface area (TPSA) is 68.4 Å². The van der Waals surface area contributed by atoms with Crippen LogP contribution in [0.5, 0.6) is 5.75 Å². The molecule has 1 aliphatic carbocycles. The highest BCUT2D eigenvalue weighted by Crippen LogP contribution is 2.43. The van der Waals surface area contributed by atoms with E-state index in [1.165, 1.54) is 0 Å². The average molecular weight is 339 g/mol. The second-order valence-electron chi connectivity index (χ2n) is 4.83. The van der Waals surface area contributed by atoms with E-state index in [9.17, 15) is 5.11 Å². The third-order valence-corrected chi connectivity index (χ3v) is 3.78. The van der Waals surface area contributed by atoms with E-state index in [2.05, 4.69) is 26.1 Å². The summed E-state index contributed by atoms with van der Waals surface area (Å²) in [5, 5.41) is 13.9. The number of hydrogen-bond acceptors (Lipinski definition) is 5. The zero-order chi connectivity index (χ0) is 14.1. The van der Waals surface area contributed by atoms with E-state index in [4.69, 9.17) is 9.26 Å². The zero-order valence-corrected chi connectivity index (χ0v) is 12.6. The van der Waals surface area contributed by atoms with Gasteiger partial charge in [-0.05, 0) is 43.9 Å². The van der Waals surface area contributed by atoms with Gasteiger partial charge in [0.2, 0.25) is 5.82 Å². The SMILES string of the molecule is CCOC(c1noc(-c2ccc(Br)cc2O)n1)C1CC1. The molecule has 2 aromatic rings. The molecule has 0 radical (unpaired) electrons. The highest BCUT2D eigenvalue weighted by molar-refractivity contribution is 9.10. The highest BCUT2D eigenvalue weighted by Gasteiger charge is 2.36. The lowest BCUT2D eigenvalue weighted by molar-refractivity contribution is 0.0385. The Morgan fingerprint density at radius 2 is 2.30 bits per heavy atom. The Morgan fingerprint density at radius 1 is 1.50 bits per heavy atom. The van der Waals surface area contributed by atoms with E-state index in [1.807, 2.05) is 13.0 Å². The lowest BCUT2D eigenvalue weighted by Crippen LogP contribution is -2.08. The molecule has 0 bridgehead atoms. The molecule has 1 aromatic carbocycles. The maximum atomic E-state index is 9.93. The van der Waals surface area contributed by atoms with Gasteiger partial charge in [0.1, 0.15) is 11.9 Å². The van der Waals surface area contributed by atoms with Gasteiger partial charge in [-0.25, -0.2) is 0 Å². The van der Waals surface area contributed by atoms with E-state index in [1.54, 1.807) is 12.1 Å². The van der Waals surface area contributed by atoms with Crippen LogP contribution in [0.15, 0.2) is 27.2 Å². The maximum absolute atomic E-state index is 9.93. The summed E-state index contributed by atoms with van der Waals surface area (Å²) in [4.78, 5) is 4.37. The summed E-state index contributed by atoms with van der Waals surface area (Å²) in [7, 11) is 0. The Morgan fingerprint density at radius 3 is 2.95 bits per heavy atom. The van der Waals surface area contributed by atoms with Crippen molar-refractivity contribution in [3.05, 3.63) is 28.5 Å². The van der Waals surface area contributed by atoms with E-state index < -0.39 is 0 Å². The van der Waals surface area contributed by atoms with Gasteiger partial charge in [0.15, 0.2) is 0 Å². The van der Waals surface area contributed by atoms with E-state index in [-0.39, 0.29) is 11.9 Å². The van der Waals surface area contributed by atoms with Crippen molar-refractivity contribution in [1.29, 1.82) is 0 Å². The highest BCUT2D eigenvalue weighted by atomic mass is 79.9. The Hall–Kier alpha value is -1.40.